The first-order chi connectivity index (χ1) is 24.8. The van der Waals surface area contributed by atoms with E-state index in [0.717, 1.165) is 44.1 Å². The average Bonchev–Trinajstić information content (AvgIpc) is 3.50. The molecule has 8 aliphatic carbocycles. The van der Waals surface area contributed by atoms with Gasteiger partial charge >= 0.3 is 0 Å². The van der Waals surface area contributed by atoms with E-state index in [0.29, 0.717) is 25.7 Å². The van der Waals surface area contributed by atoms with E-state index in [1.165, 1.54) is 5.57 Å². The topological polar surface area (TPSA) is 186 Å². The Hall–Kier alpha value is -2.63. The molecule has 0 heterocycles. The van der Waals surface area contributed by atoms with Crippen molar-refractivity contribution in [2.24, 2.45) is 63.1 Å². The predicted molar refractivity (Wildman–Crippen MR) is 194 cm³/mol. The predicted octanol–water partition coefficient (Wildman–Crippen LogP) is 3.79. The zero-order chi connectivity index (χ0) is 38.7. The Bertz CT molecular complexity index is 1730. The highest BCUT2D eigenvalue weighted by Crippen LogP contribution is 2.69. The highest BCUT2D eigenvalue weighted by atomic mass is 16.3. The molecule has 6 saturated carbocycles. The van der Waals surface area contributed by atoms with E-state index in [4.69, 9.17) is 0 Å². The van der Waals surface area contributed by atoms with Crippen LogP contribution in [0.3, 0.4) is 0 Å². The van der Waals surface area contributed by atoms with Crippen molar-refractivity contribution in [1.29, 1.82) is 0 Å². The molecule has 0 aromatic rings. The van der Waals surface area contributed by atoms with E-state index in [9.17, 15) is 49.5 Å². The van der Waals surface area contributed by atoms with Gasteiger partial charge in [0.2, 0.25) is 0 Å². The van der Waals surface area contributed by atoms with Crippen LogP contribution < -0.4 is 0 Å². The molecule has 10 nitrogen and oxygen atoms in total. The quantitative estimate of drug-likeness (QED) is 0.285. The Morgan fingerprint density at radius 3 is 2.15 bits per heavy atom. The zero-order valence-electron chi connectivity index (χ0n) is 31.9. The van der Waals surface area contributed by atoms with Crippen LogP contribution >= 0.6 is 0 Å². The maximum Gasteiger partial charge on any atom is 0.190 e. The number of aliphatic hydroxyl groups excluding tert-OH is 3. The molecule has 10 heteroatoms. The average molecular weight is 735 g/mol. The second kappa shape index (κ2) is 12.7. The summed E-state index contributed by atoms with van der Waals surface area (Å²) in [6.45, 7) is 8.51. The van der Waals surface area contributed by atoms with Gasteiger partial charge in [-0.3, -0.25) is 24.0 Å². The number of carbonyl (C=O) groups is 5. The first kappa shape index (κ1) is 38.6. The van der Waals surface area contributed by atoms with Gasteiger partial charge in [0.25, 0.3) is 0 Å². The van der Waals surface area contributed by atoms with Crippen molar-refractivity contribution in [1.82, 2.24) is 0 Å². The van der Waals surface area contributed by atoms with Crippen LogP contribution in [0.25, 0.3) is 0 Å². The molecule has 0 aromatic carbocycles. The number of Topliss-reactive ketones (excluding diaryl/α,β-unsaturated/α-hetero) is 3. The minimum absolute atomic E-state index is 0.0218. The fourth-order valence-electron chi connectivity index (χ4n) is 14.4. The third-order valence-electron chi connectivity index (χ3n) is 17.1. The van der Waals surface area contributed by atoms with Crippen molar-refractivity contribution in [3.63, 3.8) is 0 Å². The largest absolute Gasteiger partial charge is 0.393 e. The molecule has 6 fully saturated rings. The van der Waals surface area contributed by atoms with Crippen LogP contribution in [0, 0.1) is 63.1 Å². The molecule has 0 radical (unpaired) electrons. The molecule has 0 aliphatic heterocycles. The van der Waals surface area contributed by atoms with Crippen LogP contribution in [0.2, 0.25) is 0 Å². The molecule has 14 atom stereocenters. The lowest BCUT2D eigenvalue weighted by molar-refractivity contribution is -0.182. The van der Waals surface area contributed by atoms with Gasteiger partial charge in [0.15, 0.2) is 23.1 Å². The summed E-state index contributed by atoms with van der Waals surface area (Å²) in [5.41, 5.74) is -3.18. The van der Waals surface area contributed by atoms with Gasteiger partial charge < -0.3 is 25.5 Å². The molecule has 0 spiro atoms. The molecule has 0 unspecified atom stereocenters. The van der Waals surface area contributed by atoms with E-state index in [1.54, 1.807) is 18.2 Å². The van der Waals surface area contributed by atoms with Crippen LogP contribution in [0.5, 0.6) is 0 Å². The standard InChI is InChI=1S/C22H28O5.C21H30O5/c1-12-8-16-15-5-4-13-9-14(24)6-7-20(13,2)19(15)17(25)10-21(16,3)22(12,27)18(26)11-23;1-19-7-5-13(23)9-12(19)3-4-14-15-6-8-21(26,17(25)11-22)20(15,2)10-16(24)18(14)19/h6-7,9,12,15-16,19,23,27H,4-5,8,10-11H2,1-3H3;9,14-16,18,22,24,26H,3-8,10-11H2,1-2H3/t12-,15-,16-,19+,20-,21-,22-;14-,15-,16-,18+,19-,20-,21-/m00/s1. The van der Waals surface area contributed by atoms with Gasteiger partial charge in [-0.15, -0.1) is 0 Å². The third kappa shape index (κ3) is 5.10. The molecular formula is C43H58O10. The summed E-state index contributed by atoms with van der Waals surface area (Å²) in [5.74, 6) is -0.807. The van der Waals surface area contributed by atoms with E-state index >= 15 is 0 Å². The second-order valence-electron chi connectivity index (χ2n) is 19.1. The van der Waals surface area contributed by atoms with Gasteiger partial charge in [-0.25, -0.2) is 0 Å². The number of hydrogen-bond donors (Lipinski definition) is 5. The van der Waals surface area contributed by atoms with Crippen molar-refractivity contribution in [3.8, 4) is 0 Å². The SMILES string of the molecule is C[C@H]1C[C@H]2[C@@H]3CCC4=CC(=O)C=C[C@]4(C)[C@H]3C(=O)C[C@]2(C)[C@@]1(O)C(=O)CO.C[C@]12CCC(=O)C=C1CC[C@@H]1[C@@H]2[C@@H](O)C[C@@]2(C)[C@H]1CC[C@]2(O)C(=O)CO. The van der Waals surface area contributed by atoms with Crippen molar-refractivity contribution in [3.05, 3.63) is 35.5 Å². The molecule has 5 N–H and O–H groups in total. The summed E-state index contributed by atoms with van der Waals surface area (Å²) in [6.07, 6.45) is 13.2. The second-order valence-corrected chi connectivity index (χ2v) is 19.1. The number of rotatable bonds is 4. The van der Waals surface area contributed by atoms with Gasteiger partial charge in [-0.05, 0) is 117 Å². The third-order valence-corrected chi connectivity index (χ3v) is 17.1. The summed E-state index contributed by atoms with van der Waals surface area (Å²) < 4.78 is 0. The molecule has 53 heavy (non-hydrogen) atoms. The number of ketones is 5. The number of aliphatic hydroxyl groups is 5. The smallest absolute Gasteiger partial charge is 0.190 e. The lowest BCUT2D eigenvalue weighted by Gasteiger charge is -2.60. The van der Waals surface area contributed by atoms with Gasteiger partial charge in [0.05, 0.1) is 6.10 Å². The van der Waals surface area contributed by atoms with Gasteiger partial charge in [0, 0.05) is 35.0 Å². The van der Waals surface area contributed by atoms with E-state index in [2.05, 4.69) is 6.92 Å². The zero-order valence-corrected chi connectivity index (χ0v) is 31.9. The lowest BCUT2D eigenvalue weighted by Crippen LogP contribution is -2.62. The normalized spacial score (nSPS) is 49.5. The first-order valence-electron chi connectivity index (χ1n) is 19.9. The lowest BCUT2D eigenvalue weighted by atomic mass is 9.45. The minimum atomic E-state index is -1.66. The summed E-state index contributed by atoms with van der Waals surface area (Å²) in [6, 6.07) is 0. The molecule has 0 saturated heterocycles. The molecule has 0 bridgehead atoms. The van der Waals surface area contributed by atoms with E-state index in [-0.39, 0.29) is 70.6 Å². The van der Waals surface area contributed by atoms with Crippen molar-refractivity contribution >= 4 is 28.9 Å². The van der Waals surface area contributed by atoms with E-state index in [1.807, 2.05) is 33.8 Å². The maximum atomic E-state index is 13.4. The maximum absolute atomic E-state index is 13.4. The number of hydrogen-bond acceptors (Lipinski definition) is 10. The van der Waals surface area contributed by atoms with Crippen LogP contribution in [0.15, 0.2) is 35.5 Å². The summed E-state index contributed by atoms with van der Waals surface area (Å²) in [7, 11) is 0. The van der Waals surface area contributed by atoms with Gasteiger partial charge in [0.1, 0.15) is 30.2 Å². The van der Waals surface area contributed by atoms with Crippen LogP contribution in [-0.2, 0) is 24.0 Å². The Morgan fingerprint density at radius 2 is 1.47 bits per heavy atom. The van der Waals surface area contributed by atoms with Crippen LogP contribution in [-0.4, -0.2) is 85.0 Å². The Kier molecular flexibility index (Phi) is 9.26. The molecule has 8 aliphatic rings. The summed E-state index contributed by atoms with van der Waals surface area (Å²) in [5, 5.41) is 52.6. The van der Waals surface area contributed by atoms with Crippen molar-refractivity contribution < 1.29 is 49.5 Å². The van der Waals surface area contributed by atoms with E-state index < -0.39 is 58.3 Å². The Morgan fingerprint density at radius 1 is 0.811 bits per heavy atom. The molecule has 8 rings (SSSR count). The minimum Gasteiger partial charge on any atom is -0.393 e. The first-order valence-corrected chi connectivity index (χ1v) is 19.9. The Balaban J connectivity index is 0.000000164. The fraction of sp³-hybridized carbons (Fsp3) is 0.744. The van der Waals surface area contributed by atoms with Crippen LogP contribution in [0.1, 0.15) is 105 Å². The molecular weight excluding hydrogens is 676 g/mol. The van der Waals surface area contributed by atoms with Gasteiger partial charge in [-0.1, -0.05) is 51.8 Å². The monoisotopic (exact) mass is 734 g/mol. The summed E-state index contributed by atoms with van der Waals surface area (Å²) in [4.78, 5) is 62.0. The number of allylic oxidation sites excluding steroid dienone is 5. The number of fused-ring (bicyclic) bond motifs is 10. The highest BCUT2D eigenvalue weighted by Gasteiger charge is 2.71. The molecule has 0 aromatic heterocycles. The molecule has 290 valence electrons. The van der Waals surface area contributed by atoms with Gasteiger partial charge in [-0.2, -0.15) is 0 Å². The molecule has 0 amide bonds. The fourth-order valence-corrected chi connectivity index (χ4v) is 14.4. The number of carbonyl (C=O) groups excluding carboxylic acids is 5. The van der Waals surface area contributed by atoms with Crippen LogP contribution in [0.4, 0.5) is 0 Å². The van der Waals surface area contributed by atoms with Crippen molar-refractivity contribution in [2.75, 3.05) is 13.2 Å². The Labute approximate surface area is 312 Å². The van der Waals surface area contributed by atoms with Crippen molar-refractivity contribution in [2.45, 2.75) is 123 Å². The summed E-state index contributed by atoms with van der Waals surface area (Å²) >= 11 is 0. The highest BCUT2D eigenvalue weighted by molar-refractivity contribution is 6.02.